The van der Waals surface area contributed by atoms with Gasteiger partial charge in [-0.1, -0.05) is 18.2 Å². The number of benzene rings is 1. The lowest BCUT2D eigenvalue weighted by atomic mass is 9.98. The van der Waals surface area contributed by atoms with Gasteiger partial charge in [0.15, 0.2) is 0 Å². The summed E-state index contributed by atoms with van der Waals surface area (Å²) in [5.74, 6) is -3.34. The number of nitrogens with two attached hydrogens (primary N) is 1. The van der Waals surface area contributed by atoms with Crippen molar-refractivity contribution in [2.75, 3.05) is 6.61 Å². The van der Waals surface area contributed by atoms with Crippen molar-refractivity contribution in [1.82, 2.24) is 4.98 Å². The van der Waals surface area contributed by atoms with Gasteiger partial charge < -0.3 is 10.8 Å². The van der Waals surface area contributed by atoms with Gasteiger partial charge in [0, 0.05) is 11.6 Å². The van der Waals surface area contributed by atoms with Crippen molar-refractivity contribution in [3.63, 3.8) is 0 Å². The number of rotatable bonds is 3. The van der Waals surface area contributed by atoms with Crippen LogP contribution in [-0.2, 0) is 0 Å². The molecule has 1 aromatic heterocycles. The van der Waals surface area contributed by atoms with Gasteiger partial charge in [0.25, 0.3) is 5.92 Å². The Hall–Kier alpha value is -1.59. The maximum atomic E-state index is 13.4. The molecule has 0 saturated heterocycles. The largest absolute Gasteiger partial charge is 0.390 e. The van der Waals surface area contributed by atoms with Gasteiger partial charge in [0.2, 0.25) is 0 Å². The number of alkyl halides is 2. The first-order chi connectivity index (χ1) is 8.06. The highest BCUT2D eigenvalue weighted by atomic mass is 19.3. The zero-order chi connectivity index (χ0) is 12.5. The molecule has 0 aliphatic rings. The van der Waals surface area contributed by atoms with Gasteiger partial charge in [-0.15, -0.1) is 0 Å². The van der Waals surface area contributed by atoms with Crippen molar-refractivity contribution in [2.24, 2.45) is 5.73 Å². The molecule has 0 aliphatic carbocycles. The molecule has 5 heteroatoms. The molecule has 0 radical (unpaired) electrons. The fraction of sp³-hybridized carbons (Fsp3) is 0.250. The van der Waals surface area contributed by atoms with Crippen LogP contribution < -0.4 is 5.73 Å². The topological polar surface area (TPSA) is 59.1 Å². The minimum absolute atomic E-state index is 0.287. The molecule has 0 aliphatic heterocycles. The van der Waals surface area contributed by atoms with E-state index in [2.05, 4.69) is 4.98 Å². The number of fused-ring (bicyclic) bond motifs is 1. The van der Waals surface area contributed by atoms with Crippen LogP contribution in [0.2, 0.25) is 0 Å². The van der Waals surface area contributed by atoms with Crippen LogP contribution in [-0.4, -0.2) is 22.6 Å². The number of halogens is 2. The van der Waals surface area contributed by atoms with Gasteiger partial charge in [-0.2, -0.15) is 0 Å². The highest BCUT2D eigenvalue weighted by Crippen LogP contribution is 2.32. The Morgan fingerprint density at radius 3 is 2.71 bits per heavy atom. The first-order valence-electron chi connectivity index (χ1n) is 5.14. The maximum absolute atomic E-state index is 13.4. The lowest BCUT2D eigenvalue weighted by Crippen LogP contribution is -2.36. The molecule has 0 saturated carbocycles. The molecule has 3 nitrogen and oxygen atoms in total. The summed E-state index contributed by atoms with van der Waals surface area (Å²) in [5, 5.41) is 9.23. The van der Waals surface area contributed by atoms with Crippen molar-refractivity contribution >= 4 is 10.9 Å². The molecule has 0 unspecified atom stereocenters. The summed E-state index contributed by atoms with van der Waals surface area (Å²) >= 11 is 0. The highest BCUT2D eigenvalue weighted by molar-refractivity contribution is 5.82. The molecular weight excluding hydrogens is 226 g/mol. The van der Waals surface area contributed by atoms with E-state index in [1.807, 2.05) is 0 Å². The van der Waals surface area contributed by atoms with Crippen LogP contribution in [0.25, 0.3) is 10.9 Å². The Kier molecular flexibility index (Phi) is 3.04. The molecule has 17 heavy (non-hydrogen) atoms. The Balaban J connectivity index is 2.56. The Morgan fingerprint density at radius 2 is 2.00 bits per heavy atom. The van der Waals surface area contributed by atoms with E-state index in [1.54, 1.807) is 24.3 Å². The number of nitrogens with zero attached hydrogens (tertiary/aromatic N) is 1. The first kappa shape index (κ1) is 11.9. The SMILES string of the molecule is N[C@@H](c1ccnc2ccccc12)C(F)(F)CO. The highest BCUT2D eigenvalue weighted by Gasteiger charge is 2.38. The van der Waals surface area contributed by atoms with Crippen molar-refractivity contribution in [3.8, 4) is 0 Å². The predicted octanol–water partition coefficient (Wildman–Crippen LogP) is 1.86. The fourth-order valence-corrected chi connectivity index (χ4v) is 1.72. The molecule has 0 fully saturated rings. The first-order valence-corrected chi connectivity index (χ1v) is 5.14. The van der Waals surface area contributed by atoms with Gasteiger partial charge in [-0.05, 0) is 17.7 Å². The van der Waals surface area contributed by atoms with E-state index in [1.165, 1.54) is 12.3 Å². The molecule has 1 atom stereocenters. The quantitative estimate of drug-likeness (QED) is 0.858. The second-order valence-electron chi connectivity index (χ2n) is 3.81. The van der Waals surface area contributed by atoms with E-state index in [0.717, 1.165) is 0 Å². The Bertz CT molecular complexity index is 525. The summed E-state index contributed by atoms with van der Waals surface area (Å²) in [5.41, 5.74) is 6.40. The molecule has 0 bridgehead atoms. The number of aromatic nitrogens is 1. The molecule has 2 rings (SSSR count). The molecule has 1 aromatic carbocycles. The molecular formula is C12H12F2N2O. The molecule has 3 N–H and O–H groups in total. The molecule has 90 valence electrons. The molecule has 1 heterocycles. The van der Waals surface area contributed by atoms with Gasteiger partial charge >= 0.3 is 0 Å². The van der Waals surface area contributed by atoms with Crippen LogP contribution in [0, 0.1) is 0 Å². The van der Waals surface area contributed by atoms with E-state index in [4.69, 9.17) is 10.8 Å². The van der Waals surface area contributed by atoms with E-state index in [0.29, 0.717) is 10.9 Å². The van der Waals surface area contributed by atoms with Crippen LogP contribution in [0.15, 0.2) is 36.5 Å². The molecule has 2 aromatic rings. The zero-order valence-corrected chi connectivity index (χ0v) is 8.98. The zero-order valence-electron chi connectivity index (χ0n) is 8.98. The number of hydrogen-bond acceptors (Lipinski definition) is 3. The summed E-state index contributed by atoms with van der Waals surface area (Å²) in [4.78, 5) is 4.07. The van der Waals surface area contributed by atoms with Crippen LogP contribution in [0.3, 0.4) is 0 Å². The smallest absolute Gasteiger partial charge is 0.289 e. The van der Waals surface area contributed by atoms with Crippen LogP contribution in [0.4, 0.5) is 8.78 Å². The normalized spacial score (nSPS) is 13.9. The number of para-hydroxylation sites is 1. The van der Waals surface area contributed by atoms with Crippen molar-refractivity contribution < 1.29 is 13.9 Å². The van der Waals surface area contributed by atoms with Gasteiger partial charge in [0.1, 0.15) is 6.61 Å². The number of pyridine rings is 1. The summed E-state index contributed by atoms with van der Waals surface area (Å²) in [6.07, 6.45) is 1.44. The summed E-state index contributed by atoms with van der Waals surface area (Å²) in [6, 6.07) is 6.83. The standard InChI is InChI=1S/C12H12F2N2O/c13-12(14,7-17)11(15)9-5-6-16-10-4-2-1-3-8(9)10/h1-6,11,17H,7,15H2/t11-/m0/s1. The monoisotopic (exact) mass is 238 g/mol. The van der Waals surface area contributed by atoms with Gasteiger partial charge in [-0.25, -0.2) is 8.78 Å². The number of hydrogen-bond donors (Lipinski definition) is 2. The number of aliphatic hydroxyl groups excluding tert-OH is 1. The summed E-state index contributed by atoms with van der Waals surface area (Å²) in [6.45, 7) is -1.27. The molecule has 0 spiro atoms. The van der Waals surface area contributed by atoms with Crippen molar-refractivity contribution in [3.05, 3.63) is 42.1 Å². The minimum Gasteiger partial charge on any atom is -0.390 e. The van der Waals surface area contributed by atoms with Crippen LogP contribution >= 0.6 is 0 Å². The second kappa shape index (κ2) is 4.35. The summed E-state index contributed by atoms with van der Waals surface area (Å²) < 4.78 is 26.7. The fourth-order valence-electron chi connectivity index (χ4n) is 1.72. The lowest BCUT2D eigenvalue weighted by Gasteiger charge is -2.22. The molecule has 0 amide bonds. The van der Waals surface area contributed by atoms with Crippen molar-refractivity contribution in [1.29, 1.82) is 0 Å². The second-order valence-corrected chi connectivity index (χ2v) is 3.81. The lowest BCUT2D eigenvalue weighted by molar-refractivity contribution is -0.0708. The van der Waals surface area contributed by atoms with Gasteiger partial charge in [-0.3, -0.25) is 4.98 Å². The van der Waals surface area contributed by atoms with Crippen LogP contribution in [0.1, 0.15) is 11.6 Å². The Labute approximate surface area is 96.9 Å². The average Bonchev–Trinajstić information content (AvgIpc) is 2.37. The predicted molar refractivity (Wildman–Crippen MR) is 60.7 cm³/mol. The maximum Gasteiger partial charge on any atom is 0.289 e. The van der Waals surface area contributed by atoms with E-state index in [-0.39, 0.29) is 5.56 Å². The van der Waals surface area contributed by atoms with E-state index < -0.39 is 18.6 Å². The van der Waals surface area contributed by atoms with Crippen LogP contribution in [0.5, 0.6) is 0 Å². The van der Waals surface area contributed by atoms with E-state index in [9.17, 15) is 8.78 Å². The van der Waals surface area contributed by atoms with Crippen molar-refractivity contribution in [2.45, 2.75) is 12.0 Å². The third kappa shape index (κ3) is 2.11. The average molecular weight is 238 g/mol. The minimum atomic E-state index is -3.34. The third-order valence-electron chi connectivity index (χ3n) is 2.68. The Morgan fingerprint density at radius 1 is 1.29 bits per heavy atom. The summed E-state index contributed by atoms with van der Waals surface area (Å²) in [7, 11) is 0. The third-order valence-corrected chi connectivity index (χ3v) is 2.68. The van der Waals surface area contributed by atoms with Gasteiger partial charge in [0.05, 0.1) is 11.6 Å². The number of aliphatic hydroxyl groups is 1. The van der Waals surface area contributed by atoms with E-state index >= 15 is 0 Å².